The molecule has 1 fully saturated rings. The number of rotatable bonds is 9. The highest BCUT2D eigenvalue weighted by molar-refractivity contribution is 5.94. The monoisotopic (exact) mass is 368 g/mol. The van der Waals surface area contributed by atoms with Gasteiger partial charge in [0.2, 0.25) is 0 Å². The lowest BCUT2D eigenvalue weighted by Crippen LogP contribution is -2.39. The molecule has 2 N–H and O–H groups in total. The highest BCUT2D eigenvalue weighted by Gasteiger charge is 2.10. The van der Waals surface area contributed by atoms with Crippen LogP contribution in [-0.2, 0) is 11.2 Å². The Bertz CT molecular complexity index is 702. The SMILES string of the molecule is O=C(NCCCc1ccccc1)c1cncc(NCCN2CCOCC2)c1. The maximum absolute atomic E-state index is 12.3. The molecule has 1 amide bonds. The molecule has 144 valence electrons. The number of carbonyl (C=O) groups is 1. The zero-order valence-corrected chi connectivity index (χ0v) is 15.7. The van der Waals surface area contributed by atoms with E-state index < -0.39 is 0 Å². The Morgan fingerprint density at radius 3 is 2.74 bits per heavy atom. The fraction of sp³-hybridized carbons (Fsp3) is 0.429. The van der Waals surface area contributed by atoms with Crippen molar-refractivity contribution in [1.29, 1.82) is 0 Å². The van der Waals surface area contributed by atoms with Crippen LogP contribution >= 0.6 is 0 Å². The summed E-state index contributed by atoms with van der Waals surface area (Å²) in [5, 5.41) is 6.33. The lowest BCUT2D eigenvalue weighted by Gasteiger charge is -2.26. The molecule has 2 heterocycles. The molecule has 6 heteroatoms. The van der Waals surface area contributed by atoms with Crippen LogP contribution in [-0.4, -0.2) is 61.7 Å². The molecule has 1 aliphatic rings. The minimum atomic E-state index is -0.0765. The van der Waals surface area contributed by atoms with E-state index in [0.29, 0.717) is 12.1 Å². The number of hydrogen-bond acceptors (Lipinski definition) is 5. The van der Waals surface area contributed by atoms with E-state index in [1.807, 2.05) is 24.3 Å². The number of carbonyl (C=O) groups excluding carboxylic acids is 1. The first kappa shape index (κ1) is 19.3. The molecule has 1 aromatic heterocycles. The van der Waals surface area contributed by atoms with Crippen LogP contribution in [0.1, 0.15) is 22.3 Å². The summed E-state index contributed by atoms with van der Waals surface area (Å²) in [4.78, 5) is 18.9. The second-order valence-electron chi connectivity index (χ2n) is 6.69. The average Bonchev–Trinajstić information content (AvgIpc) is 2.73. The quantitative estimate of drug-likeness (QED) is 0.664. The topological polar surface area (TPSA) is 66.5 Å². The highest BCUT2D eigenvalue weighted by atomic mass is 16.5. The van der Waals surface area contributed by atoms with E-state index in [9.17, 15) is 4.79 Å². The molecule has 0 radical (unpaired) electrons. The van der Waals surface area contributed by atoms with Crippen molar-refractivity contribution in [3.05, 3.63) is 59.9 Å². The largest absolute Gasteiger partial charge is 0.382 e. The number of benzene rings is 1. The lowest BCUT2D eigenvalue weighted by molar-refractivity contribution is 0.0398. The molecule has 1 saturated heterocycles. The summed E-state index contributed by atoms with van der Waals surface area (Å²) in [6.07, 6.45) is 5.24. The molecule has 2 aromatic rings. The summed E-state index contributed by atoms with van der Waals surface area (Å²) in [6, 6.07) is 12.2. The predicted molar refractivity (Wildman–Crippen MR) is 107 cm³/mol. The van der Waals surface area contributed by atoms with Gasteiger partial charge in [-0.05, 0) is 24.5 Å². The summed E-state index contributed by atoms with van der Waals surface area (Å²) >= 11 is 0. The van der Waals surface area contributed by atoms with Crippen LogP contribution in [0.25, 0.3) is 0 Å². The van der Waals surface area contributed by atoms with Crippen molar-refractivity contribution < 1.29 is 9.53 Å². The zero-order valence-electron chi connectivity index (χ0n) is 15.7. The molecule has 0 unspecified atom stereocenters. The number of amides is 1. The van der Waals surface area contributed by atoms with Crippen LogP contribution in [0.4, 0.5) is 5.69 Å². The third kappa shape index (κ3) is 6.66. The number of pyridine rings is 1. The van der Waals surface area contributed by atoms with Gasteiger partial charge in [0.1, 0.15) is 0 Å². The van der Waals surface area contributed by atoms with Crippen LogP contribution in [0, 0.1) is 0 Å². The molecular weight excluding hydrogens is 340 g/mol. The highest BCUT2D eigenvalue weighted by Crippen LogP contribution is 2.09. The Balaban J connectivity index is 1.38. The van der Waals surface area contributed by atoms with E-state index in [-0.39, 0.29) is 5.91 Å². The molecule has 0 aliphatic carbocycles. The van der Waals surface area contributed by atoms with Gasteiger partial charge in [0.25, 0.3) is 5.91 Å². The summed E-state index contributed by atoms with van der Waals surface area (Å²) in [5.41, 5.74) is 2.76. The third-order valence-corrected chi connectivity index (χ3v) is 4.63. The molecule has 1 aromatic carbocycles. The smallest absolute Gasteiger partial charge is 0.252 e. The number of morpholine rings is 1. The van der Waals surface area contributed by atoms with Crippen molar-refractivity contribution in [2.75, 3.05) is 51.3 Å². The van der Waals surface area contributed by atoms with Gasteiger partial charge in [-0.25, -0.2) is 0 Å². The van der Waals surface area contributed by atoms with E-state index >= 15 is 0 Å². The second kappa shape index (κ2) is 10.6. The Morgan fingerprint density at radius 2 is 1.93 bits per heavy atom. The third-order valence-electron chi connectivity index (χ3n) is 4.63. The minimum absolute atomic E-state index is 0.0765. The van der Waals surface area contributed by atoms with Crippen molar-refractivity contribution in [3.63, 3.8) is 0 Å². The van der Waals surface area contributed by atoms with Crippen molar-refractivity contribution in [3.8, 4) is 0 Å². The van der Waals surface area contributed by atoms with Gasteiger partial charge in [0.05, 0.1) is 24.5 Å². The molecule has 3 rings (SSSR count). The van der Waals surface area contributed by atoms with Gasteiger partial charge in [-0.2, -0.15) is 0 Å². The number of aryl methyl sites for hydroxylation is 1. The lowest BCUT2D eigenvalue weighted by atomic mass is 10.1. The molecule has 27 heavy (non-hydrogen) atoms. The normalized spacial score (nSPS) is 14.7. The first-order valence-electron chi connectivity index (χ1n) is 9.62. The van der Waals surface area contributed by atoms with Crippen LogP contribution in [0.5, 0.6) is 0 Å². The van der Waals surface area contributed by atoms with E-state index in [2.05, 4.69) is 32.7 Å². The number of nitrogens with one attached hydrogen (secondary N) is 2. The van der Waals surface area contributed by atoms with Crippen LogP contribution in [0.3, 0.4) is 0 Å². The van der Waals surface area contributed by atoms with Crippen LogP contribution < -0.4 is 10.6 Å². The summed E-state index contributed by atoms with van der Waals surface area (Å²) in [6.45, 7) is 6.01. The molecule has 0 atom stereocenters. The van der Waals surface area contributed by atoms with E-state index in [4.69, 9.17) is 4.74 Å². The summed E-state index contributed by atoms with van der Waals surface area (Å²) in [7, 11) is 0. The predicted octanol–water partition coefficient (Wildman–Crippen LogP) is 2.19. The average molecular weight is 368 g/mol. The van der Waals surface area contributed by atoms with E-state index in [1.54, 1.807) is 12.4 Å². The number of aromatic nitrogens is 1. The standard InChI is InChI=1S/C21H28N4O2/c26-21(24-8-4-7-18-5-2-1-3-6-18)19-15-20(17-22-16-19)23-9-10-25-11-13-27-14-12-25/h1-3,5-6,15-17,23H,4,7-14H2,(H,24,26). The van der Waals surface area contributed by atoms with Crippen LogP contribution in [0.2, 0.25) is 0 Å². The van der Waals surface area contributed by atoms with Crippen molar-refractivity contribution >= 4 is 11.6 Å². The number of anilines is 1. The Morgan fingerprint density at radius 1 is 1.11 bits per heavy atom. The van der Waals surface area contributed by atoms with Gasteiger partial charge in [-0.15, -0.1) is 0 Å². The summed E-state index contributed by atoms with van der Waals surface area (Å²) in [5.74, 6) is -0.0765. The first-order chi connectivity index (χ1) is 13.3. The second-order valence-corrected chi connectivity index (χ2v) is 6.69. The van der Waals surface area contributed by atoms with Crippen molar-refractivity contribution in [2.24, 2.45) is 0 Å². The minimum Gasteiger partial charge on any atom is -0.382 e. The van der Waals surface area contributed by atoms with E-state index in [0.717, 1.165) is 57.9 Å². The van der Waals surface area contributed by atoms with Gasteiger partial charge in [-0.3, -0.25) is 14.7 Å². The van der Waals surface area contributed by atoms with Gasteiger partial charge in [0.15, 0.2) is 0 Å². The Labute approximate surface area is 160 Å². The molecule has 0 bridgehead atoms. The fourth-order valence-electron chi connectivity index (χ4n) is 3.09. The first-order valence-corrected chi connectivity index (χ1v) is 9.62. The molecule has 1 aliphatic heterocycles. The van der Waals surface area contributed by atoms with Gasteiger partial charge < -0.3 is 15.4 Å². The molecular formula is C21H28N4O2. The Hall–Kier alpha value is -2.44. The number of nitrogens with zero attached hydrogens (tertiary/aromatic N) is 2. The Kier molecular flexibility index (Phi) is 7.62. The van der Waals surface area contributed by atoms with Crippen molar-refractivity contribution in [1.82, 2.24) is 15.2 Å². The number of ether oxygens (including phenoxy) is 1. The van der Waals surface area contributed by atoms with Crippen LogP contribution in [0.15, 0.2) is 48.8 Å². The maximum Gasteiger partial charge on any atom is 0.252 e. The maximum atomic E-state index is 12.3. The van der Waals surface area contributed by atoms with Gasteiger partial charge in [-0.1, -0.05) is 30.3 Å². The zero-order chi connectivity index (χ0) is 18.7. The molecule has 0 saturated carbocycles. The molecule has 0 spiro atoms. The molecule has 6 nitrogen and oxygen atoms in total. The van der Waals surface area contributed by atoms with E-state index in [1.165, 1.54) is 5.56 Å². The van der Waals surface area contributed by atoms with Gasteiger partial charge >= 0.3 is 0 Å². The summed E-state index contributed by atoms with van der Waals surface area (Å²) < 4.78 is 5.36. The fourth-order valence-corrected chi connectivity index (χ4v) is 3.09. The number of hydrogen-bond donors (Lipinski definition) is 2. The van der Waals surface area contributed by atoms with Gasteiger partial charge in [0, 0.05) is 45.1 Å². The van der Waals surface area contributed by atoms with Crippen molar-refractivity contribution in [2.45, 2.75) is 12.8 Å².